The number of piperazine rings is 1. The van der Waals surface area contributed by atoms with E-state index in [1.165, 1.54) is 29.9 Å². The molecule has 1 aliphatic carbocycles. The zero-order chi connectivity index (χ0) is 20.3. The zero-order valence-corrected chi connectivity index (χ0v) is 18.3. The van der Waals surface area contributed by atoms with Crippen LogP contribution in [0.15, 0.2) is 29.3 Å². The number of hydrogen-bond donors (Lipinski definition) is 1. The molecule has 1 aliphatic heterocycles. The lowest BCUT2D eigenvalue weighted by molar-refractivity contribution is 0.370. The van der Waals surface area contributed by atoms with Crippen LogP contribution in [0.3, 0.4) is 0 Å². The molecule has 1 aromatic carbocycles. The fourth-order valence-corrected chi connectivity index (χ4v) is 4.67. The van der Waals surface area contributed by atoms with E-state index in [9.17, 15) is 0 Å². The number of benzene rings is 1. The fourth-order valence-electron chi connectivity index (χ4n) is 3.87. The Kier molecular flexibility index (Phi) is 5.89. The molecule has 2 fully saturated rings. The highest BCUT2D eigenvalue weighted by molar-refractivity contribution is 7.09. The topological polar surface area (TPSA) is 65.9 Å². The van der Waals surface area contributed by atoms with E-state index in [0.717, 1.165) is 61.8 Å². The monoisotopic (exact) mass is 414 g/mol. The second-order valence-electron chi connectivity index (χ2n) is 7.73. The smallest absolute Gasteiger partial charge is 0.205 e. The maximum absolute atomic E-state index is 5.29. The van der Waals surface area contributed by atoms with Crippen molar-refractivity contribution in [2.75, 3.05) is 51.8 Å². The Balaban J connectivity index is 1.32. The number of aliphatic imine (C=N–C) groups is 1. The molecule has 2 aromatic rings. The minimum atomic E-state index is 0.229. The molecule has 1 aromatic heterocycles. The molecule has 4 rings (SSSR count). The van der Waals surface area contributed by atoms with Crippen LogP contribution in [-0.2, 0) is 11.8 Å². The second kappa shape index (κ2) is 8.57. The Morgan fingerprint density at radius 2 is 1.93 bits per heavy atom. The van der Waals surface area contributed by atoms with Gasteiger partial charge in [-0.2, -0.15) is 4.37 Å². The van der Waals surface area contributed by atoms with E-state index in [1.807, 2.05) is 7.05 Å². The highest BCUT2D eigenvalue weighted by atomic mass is 32.1. The van der Waals surface area contributed by atoms with Crippen LogP contribution in [0.25, 0.3) is 0 Å². The third-order valence-corrected chi connectivity index (χ3v) is 6.79. The van der Waals surface area contributed by atoms with Crippen molar-refractivity contribution in [3.8, 4) is 5.75 Å². The van der Waals surface area contributed by atoms with Gasteiger partial charge in [0.1, 0.15) is 11.6 Å². The van der Waals surface area contributed by atoms with E-state index < -0.39 is 0 Å². The van der Waals surface area contributed by atoms with Gasteiger partial charge in [-0.25, -0.2) is 4.98 Å². The predicted octanol–water partition coefficient (Wildman–Crippen LogP) is 2.54. The minimum absolute atomic E-state index is 0.229. The van der Waals surface area contributed by atoms with Crippen LogP contribution >= 0.6 is 11.5 Å². The van der Waals surface area contributed by atoms with E-state index in [1.54, 1.807) is 7.11 Å². The van der Waals surface area contributed by atoms with Gasteiger partial charge in [0.05, 0.1) is 7.11 Å². The first-order chi connectivity index (χ1) is 14.2. The number of anilines is 1. The molecule has 0 bridgehead atoms. The summed E-state index contributed by atoms with van der Waals surface area (Å²) in [6.07, 6.45) is 3.32. The molecule has 0 unspecified atom stereocenters. The number of methoxy groups -OCH3 is 1. The SMILES string of the molecule is CCc1nsc(N2CCN(C(=NC)NCC3(c4ccc(OC)cc4)CC3)CC2)n1. The summed E-state index contributed by atoms with van der Waals surface area (Å²) in [5, 5.41) is 4.68. The average molecular weight is 415 g/mol. The summed E-state index contributed by atoms with van der Waals surface area (Å²) in [5.41, 5.74) is 1.61. The third-order valence-electron chi connectivity index (χ3n) is 5.98. The minimum Gasteiger partial charge on any atom is -0.497 e. The summed E-state index contributed by atoms with van der Waals surface area (Å²) in [6, 6.07) is 8.51. The van der Waals surface area contributed by atoms with Gasteiger partial charge in [0.25, 0.3) is 0 Å². The molecule has 1 saturated carbocycles. The Hall–Kier alpha value is -2.35. The van der Waals surface area contributed by atoms with Crippen molar-refractivity contribution in [3.05, 3.63) is 35.7 Å². The molecule has 1 saturated heterocycles. The largest absolute Gasteiger partial charge is 0.497 e. The summed E-state index contributed by atoms with van der Waals surface area (Å²) in [5.74, 6) is 2.85. The number of rotatable bonds is 6. The molecule has 0 amide bonds. The van der Waals surface area contributed by atoms with Crippen LogP contribution in [0.1, 0.15) is 31.2 Å². The van der Waals surface area contributed by atoms with E-state index in [4.69, 9.17) is 4.74 Å². The summed E-state index contributed by atoms with van der Waals surface area (Å²) < 4.78 is 9.71. The maximum atomic E-state index is 5.29. The van der Waals surface area contributed by atoms with Gasteiger partial charge in [-0.05, 0) is 30.5 Å². The first kappa shape index (κ1) is 19.9. The molecule has 0 atom stereocenters. The second-order valence-corrected chi connectivity index (χ2v) is 8.46. The predicted molar refractivity (Wildman–Crippen MR) is 118 cm³/mol. The summed E-state index contributed by atoms with van der Waals surface area (Å²) in [4.78, 5) is 13.9. The molecular formula is C21H30N6OS. The van der Waals surface area contributed by atoms with Gasteiger partial charge in [-0.3, -0.25) is 4.99 Å². The van der Waals surface area contributed by atoms with Crippen molar-refractivity contribution in [1.29, 1.82) is 0 Å². The molecule has 0 radical (unpaired) electrons. The number of guanidine groups is 1. The zero-order valence-electron chi connectivity index (χ0n) is 17.5. The Bertz CT molecular complexity index is 837. The number of ether oxygens (including phenoxy) is 1. The first-order valence-corrected chi connectivity index (χ1v) is 11.1. The first-order valence-electron chi connectivity index (χ1n) is 10.3. The van der Waals surface area contributed by atoms with Crippen molar-refractivity contribution < 1.29 is 4.74 Å². The van der Waals surface area contributed by atoms with Gasteiger partial charge in [0, 0.05) is 63.1 Å². The summed E-state index contributed by atoms with van der Waals surface area (Å²) >= 11 is 1.51. The normalized spacial score (nSPS) is 18.7. The van der Waals surface area contributed by atoms with E-state index >= 15 is 0 Å². The van der Waals surface area contributed by atoms with Gasteiger partial charge >= 0.3 is 0 Å². The highest BCUT2D eigenvalue weighted by Gasteiger charge is 2.44. The van der Waals surface area contributed by atoms with E-state index in [0.29, 0.717) is 0 Å². The molecule has 8 heteroatoms. The van der Waals surface area contributed by atoms with E-state index in [-0.39, 0.29) is 5.41 Å². The lowest BCUT2D eigenvalue weighted by atomic mass is 9.96. The third kappa shape index (κ3) is 4.32. The molecule has 1 N–H and O–H groups in total. The maximum Gasteiger partial charge on any atom is 0.205 e. The van der Waals surface area contributed by atoms with E-state index in [2.05, 4.69) is 60.7 Å². The van der Waals surface area contributed by atoms with Crippen molar-refractivity contribution in [1.82, 2.24) is 19.6 Å². The van der Waals surface area contributed by atoms with Crippen molar-refractivity contribution in [2.45, 2.75) is 31.6 Å². The van der Waals surface area contributed by atoms with Crippen molar-refractivity contribution in [3.63, 3.8) is 0 Å². The van der Waals surface area contributed by atoms with Crippen LogP contribution in [0, 0.1) is 0 Å². The Morgan fingerprint density at radius 1 is 1.21 bits per heavy atom. The molecule has 7 nitrogen and oxygen atoms in total. The van der Waals surface area contributed by atoms with Crippen molar-refractivity contribution >= 4 is 22.6 Å². The molecule has 29 heavy (non-hydrogen) atoms. The van der Waals surface area contributed by atoms with Crippen LogP contribution < -0.4 is 15.0 Å². The standard InChI is InChI=1S/C21H30N6OS/c1-4-18-24-20(29-25-18)27-13-11-26(12-14-27)19(22-2)23-15-21(9-10-21)16-5-7-17(28-3)8-6-16/h5-8H,4,9-15H2,1-3H3,(H,22,23). The number of aromatic nitrogens is 2. The van der Waals surface area contributed by atoms with Gasteiger partial charge < -0.3 is 19.9 Å². The highest BCUT2D eigenvalue weighted by Crippen LogP contribution is 2.47. The lowest BCUT2D eigenvalue weighted by Gasteiger charge is -2.36. The van der Waals surface area contributed by atoms with Gasteiger partial charge in [-0.1, -0.05) is 19.1 Å². The molecule has 0 spiro atoms. The number of nitrogens with zero attached hydrogens (tertiary/aromatic N) is 5. The Morgan fingerprint density at radius 3 is 2.48 bits per heavy atom. The molecule has 2 aliphatic rings. The van der Waals surface area contributed by atoms with Gasteiger partial charge in [0.15, 0.2) is 5.96 Å². The van der Waals surface area contributed by atoms with Crippen LogP contribution in [0.4, 0.5) is 5.13 Å². The Labute approximate surface area is 177 Å². The number of nitrogens with one attached hydrogen (secondary N) is 1. The number of hydrogen-bond acceptors (Lipinski definition) is 6. The van der Waals surface area contributed by atoms with Crippen LogP contribution in [0.2, 0.25) is 0 Å². The average Bonchev–Trinajstić information content (AvgIpc) is 3.41. The van der Waals surface area contributed by atoms with Gasteiger partial charge in [-0.15, -0.1) is 0 Å². The van der Waals surface area contributed by atoms with Crippen LogP contribution in [-0.4, -0.2) is 67.1 Å². The number of aryl methyl sites for hydroxylation is 1. The van der Waals surface area contributed by atoms with Crippen LogP contribution in [0.5, 0.6) is 5.75 Å². The fraction of sp³-hybridized carbons (Fsp3) is 0.571. The van der Waals surface area contributed by atoms with Crippen molar-refractivity contribution in [2.24, 2.45) is 4.99 Å². The summed E-state index contributed by atoms with van der Waals surface area (Å²) in [6.45, 7) is 6.79. The van der Waals surface area contributed by atoms with Gasteiger partial charge in [0.2, 0.25) is 5.13 Å². The molecule has 2 heterocycles. The molecule has 156 valence electrons. The lowest BCUT2D eigenvalue weighted by Crippen LogP contribution is -2.53. The quantitative estimate of drug-likeness (QED) is 0.579. The summed E-state index contributed by atoms with van der Waals surface area (Å²) in [7, 11) is 3.58. The molecular weight excluding hydrogens is 384 g/mol.